The van der Waals surface area contributed by atoms with E-state index in [0.717, 1.165) is 18.4 Å². The Hall–Kier alpha value is -3.67. The summed E-state index contributed by atoms with van der Waals surface area (Å²) >= 11 is 0. The van der Waals surface area contributed by atoms with Crippen LogP contribution in [-0.2, 0) is 0 Å². The maximum absolute atomic E-state index is 12.6. The molecule has 2 aromatic carbocycles. The molecule has 31 heavy (non-hydrogen) atoms. The molecule has 0 spiro atoms. The molecule has 1 aromatic heterocycles. The van der Waals surface area contributed by atoms with Crippen molar-refractivity contribution in [3.8, 4) is 11.5 Å². The third kappa shape index (κ3) is 5.28. The molecule has 6 nitrogen and oxygen atoms in total. The van der Waals surface area contributed by atoms with Gasteiger partial charge in [0.15, 0.2) is 0 Å². The molecule has 3 aromatic rings. The first-order valence-corrected chi connectivity index (χ1v) is 10.4. The van der Waals surface area contributed by atoms with Gasteiger partial charge in [0.05, 0.1) is 6.20 Å². The van der Waals surface area contributed by atoms with Gasteiger partial charge >= 0.3 is 0 Å². The van der Waals surface area contributed by atoms with E-state index in [-0.39, 0.29) is 17.9 Å². The lowest BCUT2D eigenvalue weighted by Gasteiger charge is -2.32. The Balaban J connectivity index is 1.28. The highest BCUT2D eigenvalue weighted by Gasteiger charge is 2.24. The van der Waals surface area contributed by atoms with Gasteiger partial charge in [0, 0.05) is 36.5 Å². The van der Waals surface area contributed by atoms with Crippen molar-refractivity contribution in [2.75, 3.05) is 13.1 Å². The van der Waals surface area contributed by atoms with E-state index in [4.69, 9.17) is 4.74 Å². The van der Waals surface area contributed by atoms with Crippen molar-refractivity contribution < 1.29 is 14.3 Å². The maximum atomic E-state index is 12.6. The van der Waals surface area contributed by atoms with Gasteiger partial charge in [-0.3, -0.25) is 14.6 Å². The number of piperidine rings is 1. The second kappa shape index (κ2) is 9.43. The van der Waals surface area contributed by atoms with Crippen molar-refractivity contribution in [2.24, 2.45) is 0 Å². The van der Waals surface area contributed by atoms with E-state index in [2.05, 4.69) is 10.3 Å². The fourth-order valence-corrected chi connectivity index (χ4v) is 3.59. The number of benzene rings is 2. The Morgan fingerprint density at radius 1 is 0.935 bits per heavy atom. The van der Waals surface area contributed by atoms with Crippen LogP contribution < -0.4 is 10.1 Å². The normalized spacial score (nSPS) is 14.2. The summed E-state index contributed by atoms with van der Waals surface area (Å²) in [5.41, 5.74) is 2.42. The van der Waals surface area contributed by atoms with Gasteiger partial charge in [-0.25, -0.2) is 0 Å². The van der Waals surface area contributed by atoms with Crippen LogP contribution in [0, 0.1) is 6.92 Å². The van der Waals surface area contributed by atoms with Crippen LogP contribution in [0.5, 0.6) is 11.5 Å². The minimum Gasteiger partial charge on any atom is -0.456 e. The molecule has 0 saturated carbocycles. The highest BCUT2D eigenvalue weighted by atomic mass is 16.5. The lowest BCUT2D eigenvalue weighted by atomic mass is 10.0. The molecule has 0 aliphatic carbocycles. The molecule has 0 radical (unpaired) electrons. The van der Waals surface area contributed by atoms with Gasteiger partial charge in [-0.1, -0.05) is 17.7 Å². The first-order valence-electron chi connectivity index (χ1n) is 10.4. The zero-order chi connectivity index (χ0) is 21.6. The number of hydrogen-bond donors (Lipinski definition) is 1. The predicted molar refractivity (Wildman–Crippen MR) is 118 cm³/mol. The number of pyridine rings is 1. The molecule has 0 unspecified atom stereocenters. The van der Waals surface area contributed by atoms with Crippen LogP contribution in [0.3, 0.4) is 0 Å². The Labute approximate surface area is 181 Å². The fraction of sp³-hybridized carbons (Fsp3) is 0.240. The van der Waals surface area contributed by atoms with Crippen molar-refractivity contribution >= 4 is 11.8 Å². The molecule has 1 fully saturated rings. The van der Waals surface area contributed by atoms with Crippen molar-refractivity contribution in [1.29, 1.82) is 0 Å². The van der Waals surface area contributed by atoms with Crippen LogP contribution >= 0.6 is 0 Å². The second-order valence-electron chi connectivity index (χ2n) is 7.72. The molecule has 0 atom stereocenters. The Bertz CT molecular complexity index is 1030. The molecule has 2 heterocycles. The number of carbonyl (C=O) groups excluding carboxylic acids is 2. The van der Waals surface area contributed by atoms with E-state index < -0.39 is 0 Å². The van der Waals surface area contributed by atoms with Crippen LogP contribution in [-0.4, -0.2) is 40.8 Å². The monoisotopic (exact) mass is 415 g/mol. The predicted octanol–water partition coefficient (Wildman–Crippen LogP) is 4.22. The summed E-state index contributed by atoms with van der Waals surface area (Å²) in [6.45, 7) is 3.27. The van der Waals surface area contributed by atoms with Gasteiger partial charge in [0.1, 0.15) is 11.5 Å². The fourth-order valence-electron chi connectivity index (χ4n) is 3.59. The molecule has 1 aliphatic heterocycles. The smallest absolute Gasteiger partial charge is 0.253 e. The topological polar surface area (TPSA) is 71.5 Å². The van der Waals surface area contributed by atoms with E-state index in [0.29, 0.717) is 35.7 Å². The Morgan fingerprint density at radius 2 is 1.61 bits per heavy atom. The van der Waals surface area contributed by atoms with Crippen molar-refractivity contribution in [3.63, 3.8) is 0 Å². The van der Waals surface area contributed by atoms with Crippen LogP contribution in [0.4, 0.5) is 0 Å². The van der Waals surface area contributed by atoms with Crippen molar-refractivity contribution in [1.82, 2.24) is 15.2 Å². The lowest BCUT2D eigenvalue weighted by molar-refractivity contribution is 0.0698. The number of rotatable bonds is 5. The third-order valence-electron chi connectivity index (χ3n) is 5.40. The number of nitrogens with one attached hydrogen (secondary N) is 1. The Morgan fingerprint density at radius 3 is 2.26 bits per heavy atom. The van der Waals surface area contributed by atoms with Gasteiger partial charge in [0.25, 0.3) is 11.8 Å². The number of likely N-dealkylation sites (tertiary alicyclic amines) is 1. The molecule has 6 heteroatoms. The summed E-state index contributed by atoms with van der Waals surface area (Å²) in [5, 5.41) is 3.08. The lowest BCUT2D eigenvalue weighted by Crippen LogP contribution is -2.46. The Kier molecular flexibility index (Phi) is 6.26. The van der Waals surface area contributed by atoms with Gasteiger partial charge in [-0.05, 0) is 68.3 Å². The van der Waals surface area contributed by atoms with Crippen molar-refractivity contribution in [2.45, 2.75) is 25.8 Å². The minimum absolute atomic E-state index is 0.0500. The van der Waals surface area contributed by atoms with Crippen LogP contribution in [0.1, 0.15) is 39.1 Å². The molecule has 2 amide bonds. The zero-order valence-electron chi connectivity index (χ0n) is 17.5. The first kappa shape index (κ1) is 20.6. The number of carbonyl (C=O) groups is 2. The molecule has 0 bridgehead atoms. The second-order valence-corrected chi connectivity index (χ2v) is 7.72. The number of ether oxygens (including phenoxy) is 1. The number of hydrogen-bond acceptors (Lipinski definition) is 4. The molecule has 1 N–H and O–H groups in total. The van der Waals surface area contributed by atoms with E-state index in [9.17, 15) is 9.59 Å². The summed E-state index contributed by atoms with van der Waals surface area (Å²) in [4.78, 5) is 31.1. The minimum atomic E-state index is -0.115. The van der Waals surface area contributed by atoms with E-state index >= 15 is 0 Å². The highest BCUT2D eigenvalue weighted by Crippen LogP contribution is 2.21. The first-order chi connectivity index (χ1) is 15.1. The van der Waals surface area contributed by atoms with Crippen LogP contribution in [0.2, 0.25) is 0 Å². The average Bonchev–Trinajstić information content (AvgIpc) is 2.81. The van der Waals surface area contributed by atoms with E-state index in [1.54, 1.807) is 42.7 Å². The molecule has 1 saturated heterocycles. The van der Waals surface area contributed by atoms with Gasteiger partial charge in [-0.15, -0.1) is 0 Å². The molecule has 158 valence electrons. The number of nitrogens with zero attached hydrogens (tertiary/aromatic N) is 2. The number of amides is 2. The zero-order valence-corrected chi connectivity index (χ0v) is 17.5. The summed E-state index contributed by atoms with van der Waals surface area (Å²) in [6, 6.07) is 18.4. The molecule has 1 aliphatic rings. The standard InChI is InChI=1S/C25H25N3O3/c1-18-4-6-20(7-5-18)25(30)28-15-12-21(13-16-28)27-24(29)19-8-10-22(11-9-19)31-23-3-2-14-26-17-23/h2-11,14,17,21H,12-13,15-16H2,1H3,(H,27,29). The molecular formula is C25H25N3O3. The third-order valence-corrected chi connectivity index (χ3v) is 5.40. The summed E-state index contributed by atoms with van der Waals surface area (Å²) in [5.74, 6) is 1.23. The van der Waals surface area contributed by atoms with E-state index in [1.165, 1.54) is 0 Å². The van der Waals surface area contributed by atoms with Crippen molar-refractivity contribution in [3.05, 3.63) is 89.7 Å². The van der Waals surface area contributed by atoms with Crippen LogP contribution in [0.15, 0.2) is 73.1 Å². The summed E-state index contributed by atoms with van der Waals surface area (Å²) < 4.78 is 5.71. The summed E-state index contributed by atoms with van der Waals surface area (Å²) in [7, 11) is 0. The largest absolute Gasteiger partial charge is 0.456 e. The average molecular weight is 415 g/mol. The number of aryl methyl sites for hydroxylation is 1. The van der Waals surface area contributed by atoms with Gasteiger partial charge in [-0.2, -0.15) is 0 Å². The van der Waals surface area contributed by atoms with Crippen LogP contribution in [0.25, 0.3) is 0 Å². The maximum Gasteiger partial charge on any atom is 0.253 e. The van der Waals surface area contributed by atoms with Gasteiger partial charge in [0.2, 0.25) is 0 Å². The van der Waals surface area contributed by atoms with E-state index in [1.807, 2.05) is 42.2 Å². The highest BCUT2D eigenvalue weighted by molar-refractivity contribution is 5.95. The summed E-state index contributed by atoms with van der Waals surface area (Å²) in [6.07, 6.45) is 4.80. The number of aromatic nitrogens is 1. The quantitative estimate of drug-likeness (QED) is 0.677. The molecule has 4 rings (SSSR count). The SMILES string of the molecule is Cc1ccc(C(=O)N2CCC(NC(=O)c3ccc(Oc4cccnc4)cc3)CC2)cc1. The van der Waals surface area contributed by atoms with Gasteiger partial charge < -0.3 is 15.0 Å². The molecular weight excluding hydrogens is 390 g/mol.